The van der Waals surface area contributed by atoms with E-state index in [9.17, 15) is 4.79 Å². The number of rotatable bonds is 5. The van der Waals surface area contributed by atoms with E-state index in [0.29, 0.717) is 13.0 Å². The Balaban J connectivity index is 1.53. The SMILES string of the molecule is O=C(CCC1CCCCC1)OC[C@H]1CCCO1. The van der Waals surface area contributed by atoms with Gasteiger partial charge in [0, 0.05) is 13.0 Å². The Kier molecular flexibility index (Phi) is 5.30. The van der Waals surface area contributed by atoms with Gasteiger partial charge in [0.2, 0.25) is 0 Å². The minimum atomic E-state index is -0.0360. The van der Waals surface area contributed by atoms with Crippen LogP contribution in [0.1, 0.15) is 57.8 Å². The zero-order valence-corrected chi connectivity index (χ0v) is 10.7. The summed E-state index contributed by atoms with van der Waals surface area (Å²) in [6.45, 7) is 1.29. The fraction of sp³-hybridized carbons (Fsp3) is 0.929. The molecule has 1 aliphatic carbocycles. The largest absolute Gasteiger partial charge is 0.463 e. The van der Waals surface area contributed by atoms with Gasteiger partial charge in [-0.25, -0.2) is 0 Å². The van der Waals surface area contributed by atoms with Crippen molar-refractivity contribution in [1.29, 1.82) is 0 Å². The molecule has 3 heteroatoms. The van der Waals surface area contributed by atoms with E-state index in [1.807, 2.05) is 0 Å². The van der Waals surface area contributed by atoms with Crippen molar-refractivity contribution in [3.05, 3.63) is 0 Å². The van der Waals surface area contributed by atoms with Crippen molar-refractivity contribution in [3.63, 3.8) is 0 Å². The molecular weight excluding hydrogens is 216 g/mol. The first-order valence-corrected chi connectivity index (χ1v) is 7.12. The molecule has 0 radical (unpaired) electrons. The second kappa shape index (κ2) is 7.00. The Labute approximate surface area is 104 Å². The third kappa shape index (κ3) is 4.66. The van der Waals surface area contributed by atoms with Gasteiger partial charge in [-0.1, -0.05) is 32.1 Å². The van der Waals surface area contributed by atoms with Crippen molar-refractivity contribution in [3.8, 4) is 0 Å². The summed E-state index contributed by atoms with van der Waals surface area (Å²) in [5, 5.41) is 0. The maximum absolute atomic E-state index is 11.6. The van der Waals surface area contributed by atoms with E-state index in [1.54, 1.807) is 0 Å². The number of esters is 1. The third-order valence-corrected chi connectivity index (χ3v) is 3.94. The Morgan fingerprint density at radius 1 is 1.12 bits per heavy atom. The molecule has 1 heterocycles. The van der Waals surface area contributed by atoms with Crippen LogP contribution in [0.4, 0.5) is 0 Å². The summed E-state index contributed by atoms with van der Waals surface area (Å²) in [5.74, 6) is 0.727. The Morgan fingerprint density at radius 3 is 2.65 bits per heavy atom. The smallest absolute Gasteiger partial charge is 0.305 e. The first-order chi connectivity index (χ1) is 8.34. The standard InChI is InChI=1S/C14H24O3/c15-14(17-11-13-7-4-10-16-13)9-8-12-5-2-1-3-6-12/h12-13H,1-11H2/t13-/m1/s1. The van der Waals surface area contributed by atoms with Crippen LogP contribution in [0.15, 0.2) is 0 Å². The molecule has 0 aromatic carbocycles. The number of carbonyl (C=O) groups excluding carboxylic acids is 1. The molecular formula is C14H24O3. The van der Waals surface area contributed by atoms with Crippen LogP contribution in [0.5, 0.6) is 0 Å². The number of hydrogen-bond donors (Lipinski definition) is 0. The minimum absolute atomic E-state index is 0.0360. The normalized spacial score (nSPS) is 26.0. The van der Waals surface area contributed by atoms with Crippen LogP contribution in [0.2, 0.25) is 0 Å². The van der Waals surface area contributed by atoms with Crippen LogP contribution >= 0.6 is 0 Å². The van der Waals surface area contributed by atoms with Crippen LogP contribution in [0, 0.1) is 5.92 Å². The third-order valence-electron chi connectivity index (χ3n) is 3.94. The van der Waals surface area contributed by atoms with Gasteiger partial charge < -0.3 is 9.47 Å². The van der Waals surface area contributed by atoms with E-state index in [2.05, 4.69) is 0 Å². The van der Waals surface area contributed by atoms with Gasteiger partial charge in [-0.05, 0) is 25.2 Å². The Bertz CT molecular complexity index is 228. The van der Waals surface area contributed by atoms with Crippen molar-refractivity contribution in [2.75, 3.05) is 13.2 Å². The first kappa shape index (κ1) is 12.9. The van der Waals surface area contributed by atoms with E-state index >= 15 is 0 Å². The molecule has 0 N–H and O–H groups in total. The van der Waals surface area contributed by atoms with Crippen LogP contribution in [0.25, 0.3) is 0 Å². The van der Waals surface area contributed by atoms with E-state index < -0.39 is 0 Å². The van der Waals surface area contributed by atoms with E-state index in [4.69, 9.17) is 9.47 Å². The molecule has 1 saturated carbocycles. The highest BCUT2D eigenvalue weighted by Gasteiger charge is 2.19. The van der Waals surface area contributed by atoms with E-state index in [1.165, 1.54) is 32.1 Å². The summed E-state index contributed by atoms with van der Waals surface area (Å²) in [5.41, 5.74) is 0. The van der Waals surface area contributed by atoms with Crippen LogP contribution in [-0.2, 0) is 14.3 Å². The first-order valence-electron chi connectivity index (χ1n) is 7.12. The molecule has 2 fully saturated rings. The molecule has 98 valence electrons. The number of ether oxygens (including phenoxy) is 2. The average molecular weight is 240 g/mol. The van der Waals surface area contributed by atoms with Crippen molar-refractivity contribution in [2.24, 2.45) is 5.92 Å². The van der Waals surface area contributed by atoms with Gasteiger partial charge in [0.15, 0.2) is 0 Å². The molecule has 1 atom stereocenters. The van der Waals surface area contributed by atoms with Gasteiger partial charge in [-0.3, -0.25) is 4.79 Å². The maximum Gasteiger partial charge on any atom is 0.305 e. The van der Waals surface area contributed by atoms with Gasteiger partial charge in [0.25, 0.3) is 0 Å². The summed E-state index contributed by atoms with van der Waals surface area (Å²) in [6, 6.07) is 0. The van der Waals surface area contributed by atoms with E-state index in [-0.39, 0.29) is 12.1 Å². The Morgan fingerprint density at radius 2 is 1.94 bits per heavy atom. The molecule has 0 aromatic heterocycles. The Hall–Kier alpha value is -0.570. The molecule has 0 aromatic rings. The molecule has 0 amide bonds. The predicted molar refractivity (Wildman–Crippen MR) is 65.7 cm³/mol. The molecule has 2 rings (SSSR count). The van der Waals surface area contributed by atoms with Crippen molar-refractivity contribution >= 4 is 5.97 Å². The lowest BCUT2D eigenvalue weighted by molar-refractivity contribution is -0.147. The average Bonchev–Trinajstić information content (AvgIpc) is 2.88. The highest BCUT2D eigenvalue weighted by atomic mass is 16.6. The molecule has 0 spiro atoms. The summed E-state index contributed by atoms with van der Waals surface area (Å²) in [7, 11) is 0. The lowest BCUT2D eigenvalue weighted by Crippen LogP contribution is -2.18. The molecule has 0 unspecified atom stereocenters. The van der Waals surface area contributed by atoms with Gasteiger partial charge in [-0.15, -0.1) is 0 Å². The monoisotopic (exact) mass is 240 g/mol. The van der Waals surface area contributed by atoms with Gasteiger partial charge in [-0.2, -0.15) is 0 Å². The van der Waals surface area contributed by atoms with Crippen LogP contribution < -0.4 is 0 Å². The maximum atomic E-state index is 11.6. The van der Waals surface area contributed by atoms with Crippen LogP contribution in [-0.4, -0.2) is 25.3 Å². The summed E-state index contributed by atoms with van der Waals surface area (Å²) in [4.78, 5) is 11.6. The highest BCUT2D eigenvalue weighted by Crippen LogP contribution is 2.27. The second-order valence-electron chi connectivity index (χ2n) is 5.36. The molecule has 2 aliphatic rings. The van der Waals surface area contributed by atoms with E-state index in [0.717, 1.165) is 31.8 Å². The summed E-state index contributed by atoms with van der Waals surface area (Å²) < 4.78 is 10.7. The van der Waals surface area contributed by atoms with Gasteiger partial charge in [0.05, 0.1) is 6.10 Å². The fourth-order valence-corrected chi connectivity index (χ4v) is 2.83. The topological polar surface area (TPSA) is 35.5 Å². The van der Waals surface area contributed by atoms with Gasteiger partial charge in [0.1, 0.15) is 6.61 Å². The quantitative estimate of drug-likeness (QED) is 0.693. The molecule has 17 heavy (non-hydrogen) atoms. The highest BCUT2D eigenvalue weighted by molar-refractivity contribution is 5.69. The van der Waals surface area contributed by atoms with Gasteiger partial charge >= 0.3 is 5.97 Å². The van der Waals surface area contributed by atoms with Crippen molar-refractivity contribution in [2.45, 2.75) is 63.9 Å². The van der Waals surface area contributed by atoms with Crippen molar-refractivity contribution in [1.82, 2.24) is 0 Å². The lowest BCUT2D eigenvalue weighted by atomic mass is 9.86. The summed E-state index contributed by atoms with van der Waals surface area (Å²) in [6.07, 6.45) is 10.6. The predicted octanol–water partition coefficient (Wildman–Crippen LogP) is 3.07. The molecule has 1 saturated heterocycles. The fourth-order valence-electron chi connectivity index (χ4n) is 2.83. The molecule has 1 aliphatic heterocycles. The van der Waals surface area contributed by atoms with Crippen LogP contribution in [0.3, 0.4) is 0 Å². The second-order valence-corrected chi connectivity index (χ2v) is 5.36. The zero-order chi connectivity index (χ0) is 11.9. The van der Waals surface area contributed by atoms with Crippen molar-refractivity contribution < 1.29 is 14.3 Å². The summed E-state index contributed by atoms with van der Waals surface area (Å²) >= 11 is 0. The molecule has 0 bridgehead atoms. The number of carbonyl (C=O) groups is 1. The zero-order valence-electron chi connectivity index (χ0n) is 10.7. The number of hydrogen-bond acceptors (Lipinski definition) is 3. The lowest BCUT2D eigenvalue weighted by Gasteiger charge is -2.20. The minimum Gasteiger partial charge on any atom is -0.463 e. The molecule has 3 nitrogen and oxygen atoms in total.